The molecule has 1 saturated carbocycles. The predicted octanol–water partition coefficient (Wildman–Crippen LogP) is 2.32. The van der Waals surface area contributed by atoms with Crippen molar-refractivity contribution in [3.05, 3.63) is 0 Å². The van der Waals surface area contributed by atoms with E-state index in [0.29, 0.717) is 12.5 Å². The summed E-state index contributed by atoms with van der Waals surface area (Å²) in [6.45, 7) is 11.2. The van der Waals surface area contributed by atoms with Crippen molar-refractivity contribution in [3.8, 4) is 0 Å². The van der Waals surface area contributed by atoms with E-state index in [4.69, 9.17) is 0 Å². The van der Waals surface area contributed by atoms with E-state index < -0.39 is 0 Å². The van der Waals surface area contributed by atoms with E-state index in [2.05, 4.69) is 38.3 Å². The van der Waals surface area contributed by atoms with E-state index >= 15 is 0 Å². The molecule has 2 N–H and O–H groups in total. The molecule has 2 fully saturated rings. The van der Waals surface area contributed by atoms with Crippen molar-refractivity contribution in [1.29, 1.82) is 0 Å². The lowest BCUT2D eigenvalue weighted by atomic mass is 9.93. The summed E-state index contributed by atoms with van der Waals surface area (Å²) in [6, 6.07) is 0.352. The molecule has 2 rings (SSSR count). The topological polar surface area (TPSA) is 41.1 Å². The van der Waals surface area contributed by atoms with Crippen LogP contribution >= 0.6 is 0 Å². The Morgan fingerprint density at radius 1 is 1.17 bits per heavy atom. The SMILES string of the molecule is CC1(C)C(NC(=O)CCC2CCNCC2)C1(C)C. The summed E-state index contributed by atoms with van der Waals surface area (Å²) in [4.78, 5) is 12.0. The van der Waals surface area contributed by atoms with Crippen LogP contribution in [0.4, 0.5) is 0 Å². The molecule has 0 aromatic heterocycles. The van der Waals surface area contributed by atoms with E-state index in [9.17, 15) is 4.79 Å². The molecule has 0 radical (unpaired) electrons. The molecule has 1 amide bonds. The van der Waals surface area contributed by atoms with Crippen molar-refractivity contribution in [2.24, 2.45) is 16.7 Å². The Hall–Kier alpha value is -0.570. The zero-order valence-electron chi connectivity index (χ0n) is 12.3. The van der Waals surface area contributed by atoms with Gasteiger partial charge in [-0.15, -0.1) is 0 Å². The van der Waals surface area contributed by atoms with Crippen LogP contribution in [0.5, 0.6) is 0 Å². The fraction of sp³-hybridized carbons (Fsp3) is 0.933. The van der Waals surface area contributed by atoms with Crippen LogP contribution in [0.2, 0.25) is 0 Å². The Labute approximate surface area is 111 Å². The Bertz CT molecular complexity index is 302. The van der Waals surface area contributed by atoms with Crippen molar-refractivity contribution in [3.63, 3.8) is 0 Å². The van der Waals surface area contributed by atoms with Gasteiger partial charge in [-0.1, -0.05) is 27.7 Å². The third-order valence-electron chi connectivity index (χ3n) is 5.56. The second-order valence-electron chi connectivity index (χ2n) is 7.18. The number of rotatable bonds is 4. The highest BCUT2D eigenvalue weighted by Gasteiger charge is 2.65. The van der Waals surface area contributed by atoms with Crippen LogP contribution in [0.15, 0.2) is 0 Å². The van der Waals surface area contributed by atoms with Gasteiger partial charge in [-0.3, -0.25) is 4.79 Å². The maximum absolute atomic E-state index is 12.0. The zero-order chi connectivity index (χ0) is 13.4. The van der Waals surface area contributed by atoms with Gasteiger partial charge < -0.3 is 10.6 Å². The van der Waals surface area contributed by atoms with Crippen LogP contribution in [0.3, 0.4) is 0 Å². The zero-order valence-corrected chi connectivity index (χ0v) is 12.3. The molecule has 0 unspecified atom stereocenters. The maximum atomic E-state index is 12.0. The van der Waals surface area contributed by atoms with Gasteiger partial charge in [-0.25, -0.2) is 0 Å². The highest BCUT2D eigenvalue weighted by atomic mass is 16.1. The molecule has 0 bridgehead atoms. The highest BCUT2D eigenvalue weighted by molar-refractivity contribution is 5.77. The number of nitrogens with one attached hydrogen (secondary N) is 2. The summed E-state index contributed by atoms with van der Waals surface area (Å²) >= 11 is 0. The fourth-order valence-electron chi connectivity index (χ4n) is 3.30. The molecule has 0 aromatic rings. The number of piperidine rings is 1. The van der Waals surface area contributed by atoms with E-state index in [0.717, 1.165) is 25.4 Å². The summed E-state index contributed by atoms with van der Waals surface area (Å²) < 4.78 is 0. The molecule has 1 aliphatic heterocycles. The standard InChI is InChI=1S/C15H28N2O/c1-14(2)13(15(14,3)4)17-12(18)6-5-11-7-9-16-10-8-11/h11,13,16H,5-10H2,1-4H3,(H,17,18). The summed E-state index contributed by atoms with van der Waals surface area (Å²) in [5, 5.41) is 6.58. The molecule has 1 aliphatic carbocycles. The van der Waals surface area contributed by atoms with E-state index in [-0.39, 0.29) is 16.7 Å². The van der Waals surface area contributed by atoms with Gasteiger partial charge in [0, 0.05) is 12.5 Å². The summed E-state index contributed by atoms with van der Waals surface area (Å²) in [7, 11) is 0. The van der Waals surface area contributed by atoms with Gasteiger partial charge in [0.1, 0.15) is 0 Å². The minimum Gasteiger partial charge on any atom is -0.352 e. The maximum Gasteiger partial charge on any atom is 0.220 e. The quantitative estimate of drug-likeness (QED) is 0.806. The molecule has 18 heavy (non-hydrogen) atoms. The molecular formula is C15H28N2O. The first-order valence-corrected chi connectivity index (χ1v) is 7.36. The molecule has 0 atom stereocenters. The highest BCUT2D eigenvalue weighted by Crippen LogP contribution is 2.62. The normalized spacial score (nSPS) is 26.9. The summed E-state index contributed by atoms with van der Waals surface area (Å²) in [5.74, 6) is 0.995. The van der Waals surface area contributed by atoms with Crippen molar-refractivity contribution >= 4 is 5.91 Å². The lowest BCUT2D eigenvalue weighted by Crippen LogP contribution is -2.31. The first-order chi connectivity index (χ1) is 8.35. The van der Waals surface area contributed by atoms with Gasteiger partial charge in [0.15, 0.2) is 0 Å². The van der Waals surface area contributed by atoms with Gasteiger partial charge >= 0.3 is 0 Å². The van der Waals surface area contributed by atoms with Crippen LogP contribution in [-0.4, -0.2) is 25.0 Å². The van der Waals surface area contributed by atoms with Gasteiger partial charge in [0.2, 0.25) is 5.91 Å². The molecule has 104 valence electrons. The average molecular weight is 252 g/mol. The predicted molar refractivity (Wildman–Crippen MR) is 74.3 cm³/mol. The smallest absolute Gasteiger partial charge is 0.220 e. The second-order valence-corrected chi connectivity index (χ2v) is 7.18. The monoisotopic (exact) mass is 252 g/mol. The number of hydrogen-bond donors (Lipinski definition) is 2. The number of hydrogen-bond acceptors (Lipinski definition) is 2. The largest absolute Gasteiger partial charge is 0.352 e. The average Bonchev–Trinajstić information content (AvgIpc) is 2.70. The third-order valence-corrected chi connectivity index (χ3v) is 5.56. The van der Waals surface area contributed by atoms with Crippen molar-refractivity contribution in [1.82, 2.24) is 10.6 Å². The second kappa shape index (κ2) is 4.84. The number of carbonyl (C=O) groups excluding carboxylic acids is 1. The lowest BCUT2D eigenvalue weighted by Gasteiger charge is -2.22. The Morgan fingerprint density at radius 3 is 2.22 bits per heavy atom. The molecule has 1 heterocycles. The van der Waals surface area contributed by atoms with Gasteiger partial charge in [0.25, 0.3) is 0 Å². The van der Waals surface area contributed by atoms with Crippen LogP contribution in [0.1, 0.15) is 53.4 Å². The van der Waals surface area contributed by atoms with Crippen LogP contribution in [0, 0.1) is 16.7 Å². The molecule has 0 aromatic carbocycles. The van der Waals surface area contributed by atoms with Crippen LogP contribution in [0.25, 0.3) is 0 Å². The van der Waals surface area contributed by atoms with E-state index in [1.807, 2.05) is 0 Å². The Balaban J connectivity index is 1.70. The lowest BCUT2D eigenvalue weighted by molar-refractivity contribution is -0.121. The van der Waals surface area contributed by atoms with Crippen molar-refractivity contribution < 1.29 is 4.79 Å². The first-order valence-electron chi connectivity index (χ1n) is 7.36. The Morgan fingerprint density at radius 2 is 1.72 bits per heavy atom. The molecule has 1 saturated heterocycles. The molecule has 2 aliphatic rings. The summed E-state index contributed by atoms with van der Waals surface area (Å²) in [6.07, 6.45) is 4.22. The minimum atomic E-state index is 0.247. The van der Waals surface area contributed by atoms with E-state index in [1.165, 1.54) is 12.8 Å². The van der Waals surface area contributed by atoms with Crippen LogP contribution < -0.4 is 10.6 Å². The number of amides is 1. The van der Waals surface area contributed by atoms with Gasteiger partial charge in [-0.2, -0.15) is 0 Å². The number of carbonyl (C=O) groups is 1. The van der Waals surface area contributed by atoms with E-state index in [1.54, 1.807) is 0 Å². The van der Waals surface area contributed by atoms with Gasteiger partial charge in [0.05, 0.1) is 0 Å². The van der Waals surface area contributed by atoms with Crippen molar-refractivity contribution in [2.45, 2.75) is 59.4 Å². The molecular weight excluding hydrogens is 224 g/mol. The summed E-state index contributed by atoms with van der Waals surface area (Å²) in [5.41, 5.74) is 0.495. The third kappa shape index (κ3) is 2.56. The molecule has 0 spiro atoms. The first kappa shape index (κ1) is 13.9. The molecule has 3 heteroatoms. The minimum absolute atomic E-state index is 0.247. The molecule has 3 nitrogen and oxygen atoms in total. The van der Waals surface area contributed by atoms with Crippen molar-refractivity contribution in [2.75, 3.05) is 13.1 Å². The Kier molecular flexibility index (Phi) is 3.72. The van der Waals surface area contributed by atoms with Gasteiger partial charge in [-0.05, 0) is 49.1 Å². The fourth-order valence-corrected chi connectivity index (χ4v) is 3.30. The van der Waals surface area contributed by atoms with Crippen LogP contribution in [-0.2, 0) is 4.79 Å².